The van der Waals surface area contributed by atoms with Gasteiger partial charge in [0.05, 0.1) is 23.4 Å². The van der Waals surface area contributed by atoms with Gasteiger partial charge in [0.25, 0.3) is 0 Å². The van der Waals surface area contributed by atoms with Gasteiger partial charge in [-0.25, -0.2) is 0 Å². The lowest BCUT2D eigenvalue weighted by molar-refractivity contribution is -0.104. The first-order chi connectivity index (χ1) is 15.1. The normalized spacial score (nSPS) is 30.5. The highest BCUT2D eigenvalue weighted by Gasteiger charge is 2.48. The number of fused-ring (bicyclic) bond motifs is 1. The third kappa shape index (κ3) is 3.95. The Balaban J connectivity index is 1.31. The summed E-state index contributed by atoms with van der Waals surface area (Å²) in [5.74, 6) is 0.656. The second kappa shape index (κ2) is 8.67. The number of nitrogens with zero attached hydrogens (tertiary/aromatic N) is 3. The summed E-state index contributed by atoms with van der Waals surface area (Å²) in [5.41, 5.74) is 2.83. The smallest absolute Gasteiger partial charge is 0.0691 e. The Morgan fingerprint density at radius 3 is 2.84 bits per heavy atom. The quantitative estimate of drug-likeness (QED) is 0.653. The molecule has 5 nitrogen and oxygen atoms in total. The van der Waals surface area contributed by atoms with Crippen molar-refractivity contribution in [3.05, 3.63) is 48.0 Å². The summed E-state index contributed by atoms with van der Waals surface area (Å²) in [4.78, 5) is 4.86. The molecule has 31 heavy (non-hydrogen) atoms. The lowest BCUT2D eigenvalue weighted by Gasteiger charge is -2.46. The molecule has 1 aliphatic carbocycles. The van der Waals surface area contributed by atoms with Gasteiger partial charge >= 0.3 is 0 Å². The average Bonchev–Trinajstić information content (AvgIpc) is 3.52. The fraction of sp³-hybridized carbons (Fsp3) is 0.692. The highest BCUT2D eigenvalue weighted by molar-refractivity contribution is 5.21. The fourth-order valence-electron chi connectivity index (χ4n) is 6.55. The zero-order chi connectivity index (χ0) is 21.3. The van der Waals surface area contributed by atoms with E-state index in [1.165, 1.54) is 43.5 Å². The molecule has 3 aliphatic rings. The minimum Gasteiger partial charge on any atom is -0.375 e. The molecule has 0 radical (unpaired) electrons. The molecule has 1 saturated carbocycles. The number of ether oxygens (including phenoxy) is 1. The summed E-state index contributed by atoms with van der Waals surface area (Å²) >= 11 is 0. The van der Waals surface area contributed by atoms with Crippen LogP contribution in [-0.2, 0) is 10.2 Å². The maximum Gasteiger partial charge on any atom is 0.0691 e. The molecule has 4 heterocycles. The van der Waals surface area contributed by atoms with Gasteiger partial charge in [-0.2, -0.15) is 5.10 Å². The second-order valence-electron chi connectivity index (χ2n) is 10.3. The first-order valence-electron chi connectivity index (χ1n) is 12.5. The van der Waals surface area contributed by atoms with Crippen molar-refractivity contribution in [1.29, 1.82) is 0 Å². The van der Waals surface area contributed by atoms with E-state index in [0.717, 1.165) is 38.8 Å². The minimum atomic E-state index is 0.0867. The molecule has 2 aromatic heterocycles. The summed E-state index contributed by atoms with van der Waals surface area (Å²) in [6.45, 7) is 6.52. The molecule has 0 aromatic carbocycles. The Morgan fingerprint density at radius 2 is 2.06 bits per heavy atom. The number of hydrogen-bond acceptors (Lipinski definition) is 4. The highest BCUT2D eigenvalue weighted by Crippen LogP contribution is 2.49. The third-order valence-electron chi connectivity index (χ3n) is 8.52. The van der Waals surface area contributed by atoms with Crippen molar-refractivity contribution in [3.8, 4) is 0 Å². The topological polar surface area (TPSA) is 52.0 Å². The van der Waals surface area contributed by atoms with E-state index < -0.39 is 0 Å². The van der Waals surface area contributed by atoms with Crippen LogP contribution < -0.4 is 5.32 Å². The average molecular weight is 423 g/mol. The van der Waals surface area contributed by atoms with Crippen molar-refractivity contribution in [2.75, 3.05) is 13.2 Å². The van der Waals surface area contributed by atoms with Crippen LogP contribution in [0.1, 0.15) is 95.1 Å². The van der Waals surface area contributed by atoms with Crippen LogP contribution >= 0.6 is 0 Å². The minimum absolute atomic E-state index is 0.0867. The molecule has 5 heteroatoms. The zero-order valence-electron chi connectivity index (χ0n) is 19.2. The Labute approximate surface area is 187 Å². The van der Waals surface area contributed by atoms with E-state index in [4.69, 9.17) is 9.72 Å². The number of rotatable bonds is 7. The molecule has 2 aliphatic heterocycles. The van der Waals surface area contributed by atoms with Crippen LogP contribution in [0, 0.1) is 5.92 Å². The van der Waals surface area contributed by atoms with E-state index >= 15 is 0 Å². The molecule has 168 valence electrons. The predicted molar refractivity (Wildman–Crippen MR) is 123 cm³/mol. The molecule has 1 saturated heterocycles. The largest absolute Gasteiger partial charge is 0.375 e. The maximum absolute atomic E-state index is 6.41. The Bertz CT molecular complexity index is 859. The number of pyridine rings is 1. The third-order valence-corrected chi connectivity index (χ3v) is 8.52. The van der Waals surface area contributed by atoms with E-state index in [0.29, 0.717) is 18.0 Å². The molecule has 2 aromatic rings. The summed E-state index contributed by atoms with van der Waals surface area (Å²) < 4.78 is 8.69. The van der Waals surface area contributed by atoms with Gasteiger partial charge in [-0.3, -0.25) is 9.67 Å². The molecule has 1 spiro atoms. The van der Waals surface area contributed by atoms with E-state index in [1.54, 1.807) is 0 Å². The summed E-state index contributed by atoms with van der Waals surface area (Å²) in [7, 11) is 0. The van der Waals surface area contributed by atoms with Crippen LogP contribution in [0.15, 0.2) is 36.7 Å². The van der Waals surface area contributed by atoms with Crippen molar-refractivity contribution in [1.82, 2.24) is 20.1 Å². The zero-order valence-corrected chi connectivity index (χ0v) is 19.2. The van der Waals surface area contributed by atoms with Crippen LogP contribution in [0.4, 0.5) is 0 Å². The van der Waals surface area contributed by atoms with Gasteiger partial charge in [0.15, 0.2) is 0 Å². The van der Waals surface area contributed by atoms with Crippen LogP contribution in [0.2, 0.25) is 0 Å². The second-order valence-corrected chi connectivity index (χ2v) is 10.3. The van der Waals surface area contributed by atoms with Crippen molar-refractivity contribution >= 4 is 0 Å². The molecular weight excluding hydrogens is 384 g/mol. The van der Waals surface area contributed by atoms with Crippen molar-refractivity contribution in [2.24, 2.45) is 5.92 Å². The highest BCUT2D eigenvalue weighted by atomic mass is 16.5. The molecule has 1 N–H and O–H groups in total. The summed E-state index contributed by atoms with van der Waals surface area (Å²) in [6, 6.07) is 9.56. The van der Waals surface area contributed by atoms with E-state index in [2.05, 4.69) is 47.1 Å². The number of aromatic nitrogens is 3. The van der Waals surface area contributed by atoms with Gasteiger partial charge in [0.2, 0.25) is 0 Å². The molecule has 4 atom stereocenters. The van der Waals surface area contributed by atoms with Gasteiger partial charge in [0.1, 0.15) is 0 Å². The number of nitrogens with one attached hydrogen (secondary N) is 1. The van der Waals surface area contributed by atoms with E-state index in [-0.39, 0.29) is 11.0 Å². The van der Waals surface area contributed by atoms with Crippen LogP contribution in [0.3, 0.4) is 0 Å². The van der Waals surface area contributed by atoms with Gasteiger partial charge < -0.3 is 10.1 Å². The number of hydrogen-bond donors (Lipinski definition) is 1. The van der Waals surface area contributed by atoms with Crippen molar-refractivity contribution < 1.29 is 4.74 Å². The van der Waals surface area contributed by atoms with Crippen molar-refractivity contribution in [2.45, 2.75) is 94.7 Å². The molecule has 3 unspecified atom stereocenters. The molecular formula is C26H38N4O. The lowest BCUT2D eigenvalue weighted by Crippen LogP contribution is -2.47. The van der Waals surface area contributed by atoms with Crippen LogP contribution in [0.5, 0.6) is 0 Å². The van der Waals surface area contributed by atoms with Gasteiger partial charge in [-0.05, 0) is 69.2 Å². The lowest BCUT2D eigenvalue weighted by atomic mass is 9.68. The summed E-state index contributed by atoms with van der Waals surface area (Å²) in [6.07, 6.45) is 14.6. The molecule has 2 fully saturated rings. The first-order valence-corrected chi connectivity index (χ1v) is 12.5. The Morgan fingerprint density at radius 1 is 1.19 bits per heavy atom. The molecule has 5 rings (SSSR count). The van der Waals surface area contributed by atoms with E-state index in [9.17, 15) is 0 Å². The first kappa shape index (κ1) is 21.1. The fourth-order valence-corrected chi connectivity index (χ4v) is 6.55. The van der Waals surface area contributed by atoms with Gasteiger partial charge in [0, 0.05) is 30.1 Å². The predicted octanol–water partition coefficient (Wildman–Crippen LogP) is 5.35. The summed E-state index contributed by atoms with van der Waals surface area (Å²) in [5, 5.41) is 8.58. The van der Waals surface area contributed by atoms with Crippen LogP contribution in [0.25, 0.3) is 0 Å². The monoisotopic (exact) mass is 422 g/mol. The maximum atomic E-state index is 6.41. The molecule has 0 bridgehead atoms. The van der Waals surface area contributed by atoms with Gasteiger partial charge in [-0.15, -0.1) is 0 Å². The van der Waals surface area contributed by atoms with Crippen LogP contribution in [-0.4, -0.2) is 33.5 Å². The van der Waals surface area contributed by atoms with Gasteiger partial charge in [-0.1, -0.05) is 39.2 Å². The van der Waals surface area contributed by atoms with Crippen molar-refractivity contribution in [3.63, 3.8) is 0 Å². The Kier molecular flexibility index (Phi) is 5.91. The Hall–Kier alpha value is -1.72. The van der Waals surface area contributed by atoms with E-state index in [1.807, 2.05) is 18.5 Å². The SMILES string of the molecule is CCC(C)C1CC(NCC[C@@]2(c3ccccn3)CCOC3(CCCC3)C2)c2ccnn21. The standard InChI is InChI=1S/C26H38N4O/c1-3-20(2)23-18-21(22-9-15-29-30(22)23)27-16-12-25(24-8-4-7-14-28-24)13-17-31-26(19-25)10-5-6-11-26/h4,7-9,14-15,20-21,23,27H,3,5-6,10-13,16-19H2,1-2H3/t20?,21?,23?,25-/m1/s1. The molecule has 0 amide bonds.